The molecule has 6 heteroatoms. The number of halogens is 2. The number of amides is 1. The van der Waals surface area contributed by atoms with Gasteiger partial charge in [0.25, 0.3) is 11.7 Å². The maximum atomic E-state index is 13.5. The number of rotatable bonds is 3. The van der Waals surface area contributed by atoms with E-state index in [-0.39, 0.29) is 11.3 Å². The zero-order valence-corrected chi connectivity index (χ0v) is 16.6. The van der Waals surface area contributed by atoms with Crippen LogP contribution in [0, 0.1) is 5.82 Å². The van der Waals surface area contributed by atoms with Gasteiger partial charge in [0.1, 0.15) is 11.6 Å². The van der Waals surface area contributed by atoms with Crippen molar-refractivity contribution in [2.24, 2.45) is 0 Å². The first-order valence-corrected chi connectivity index (χ1v) is 9.64. The molecule has 1 fully saturated rings. The Morgan fingerprint density at radius 3 is 2.14 bits per heavy atom. The smallest absolute Gasteiger partial charge is 0.300 e. The van der Waals surface area contributed by atoms with Gasteiger partial charge in [-0.2, -0.15) is 0 Å². The minimum Gasteiger partial charge on any atom is -0.507 e. The number of hydrogen-bond acceptors (Lipinski definition) is 3. The van der Waals surface area contributed by atoms with Crippen molar-refractivity contribution in [3.05, 3.63) is 106 Å². The number of ketones is 1. The van der Waals surface area contributed by atoms with Crippen LogP contribution in [-0.2, 0) is 9.59 Å². The molecular weight excluding hydrogens is 437 g/mol. The fourth-order valence-corrected chi connectivity index (χ4v) is 3.68. The summed E-state index contributed by atoms with van der Waals surface area (Å²) in [6.07, 6.45) is 0. The van der Waals surface area contributed by atoms with Crippen molar-refractivity contribution in [3.8, 4) is 0 Å². The molecule has 0 aromatic heterocycles. The summed E-state index contributed by atoms with van der Waals surface area (Å²) in [6, 6.07) is 20.2. The SMILES string of the molecule is O=C1C(=O)N(c2ccccc2)C(c2ccc(F)cc2)/C1=C(/O)c1ccc(Br)cc1. The second kappa shape index (κ2) is 7.64. The van der Waals surface area contributed by atoms with Gasteiger partial charge in [0.15, 0.2) is 0 Å². The fraction of sp³-hybridized carbons (Fsp3) is 0.0435. The highest BCUT2D eigenvalue weighted by atomic mass is 79.9. The monoisotopic (exact) mass is 451 g/mol. The van der Waals surface area contributed by atoms with Gasteiger partial charge < -0.3 is 5.11 Å². The quantitative estimate of drug-likeness (QED) is 0.337. The number of para-hydroxylation sites is 1. The molecule has 29 heavy (non-hydrogen) atoms. The first-order valence-electron chi connectivity index (χ1n) is 8.85. The highest BCUT2D eigenvalue weighted by Crippen LogP contribution is 2.42. The second-order valence-corrected chi connectivity index (χ2v) is 7.48. The van der Waals surface area contributed by atoms with Gasteiger partial charge in [0, 0.05) is 15.7 Å². The van der Waals surface area contributed by atoms with Gasteiger partial charge in [-0.05, 0) is 42.0 Å². The van der Waals surface area contributed by atoms with E-state index in [2.05, 4.69) is 15.9 Å². The van der Waals surface area contributed by atoms with E-state index in [1.807, 2.05) is 0 Å². The molecule has 0 aliphatic carbocycles. The van der Waals surface area contributed by atoms with E-state index in [1.54, 1.807) is 54.6 Å². The van der Waals surface area contributed by atoms with Crippen LogP contribution >= 0.6 is 15.9 Å². The second-order valence-electron chi connectivity index (χ2n) is 6.56. The molecule has 1 saturated heterocycles. The summed E-state index contributed by atoms with van der Waals surface area (Å²) in [4.78, 5) is 27.2. The van der Waals surface area contributed by atoms with Gasteiger partial charge in [-0.1, -0.05) is 58.4 Å². The van der Waals surface area contributed by atoms with Crippen LogP contribution < -0.4 is 4.90 Å². The van der Waals surface area contributed by atoms with E-state index in [4.69, 9.17) is 0 Å². The largest absolute Gasteiger partial charge is 0.507 e. The maximum Gasteiger partial charge on any atom is 0.300 e. The van der Waals surface area contributed by atoms with E-state index in [0.717, 1.165) is 4.47 Å². The van der Waals surface area contributed by atoms with Gasteiger partial charge >= 0.3 is 0 Å². The van der Waals surface area contributed by atoms with Gasteiger partial charge in [-0.25, -0.2) is 4.39 Å². The highest BCUT2D eigenvalue weighted by Gasteiger charge is 2.46. The molecule has 0 spiro atoms. The topological polar surface area (TPSA) is 57.6 Å². The number of aliphatic hydroxyl groups is 1. The summed E-state index contributed by atoms with van der Waals surface area (Å²) in [7, 11) is 0. The van der Waals surface area contributed by atoms with E-state index >= 15 is 0 Å². The zero-order valence-electron chi connectivity index (χ0n) is 15.0. The lowest BCUT2D eigenvalue weighted by Gasteiger charge is -2.25. The third-order valence-electron chi connectivity index (χ3n) is 4.78. The average Bonchev–Trinajstić information content (AvgIpc) is 3.00. The number of hydrogen-bond donors (Lipinski definition) is 1. The lowest BCUT2D eigenvalue weighted by molar-refractivity contribution is -0.132. The number of anilines is 1. The Bertz CT molecular complexity index is 1110. The van der Waals surface area contributed by atoms with Gasteiger partial charge in [0.05, 0.1) is 11.6 Å². The summed E-state index contributed by atoms with van der Waals surface area (Å²) >= 11 is 3.33. The molecule has 0 saturated carbocycles. The Morgan fingerprint density at radius 1 is 0.897 bits per heavy atom. The van der Waals surface area contributed by atoms with Crippen LogP contribution in [0.4, 0.5) is 10.1 Å². The lowest BCUT2D eigenvalue weighted by Crippen LogP contribution is -2.29. The molecule has 3 aromatic carbocycles. The molecule has 0 radical (unpaired) electrons. The van der Waals surface area contributed by atoms with E-state index in [9.17, 15) is 19.1 Å². The Kier molecular flexibility index (Phi) is 5.03. The molecule has 1 N–H and O–H groups in total. The molecule has 4 nitrogen and oxygen atoms in total. The predicted molar refractivity (Wildman–Crippen MR) is 112 cm³/mol. The molecule has 1 aliphatic heterocycles. The van der Waals surface area contributed by atoms with E-state index in [1.165, 1.54) is 29.2 Å². The van der Waals surface area contributed by atoms with Gasteiger partial charge in [-0.3, -0.25) is 14.5 Å². The van der Waals surface area contributed by atoms with Crippen LogP contribution in [0.5, 0.6) is 0 Å². The van der Waals surface area contributed by atoms with Crippen LogP contribution in [0.1, 0.15) is 17.2 Å². The van der Waals surface area contributed by atoms with Crippen molar-refractivity contribution in [2.45, 2.75) is 6.04 Å². The normalized spacial score (nSPS) is 18.3. The van der Waals surface area contributed by atoms with Gasteiger partial charge in [-0.15, -0.1) is 0 Å². The molecule has 1 aliphatic rings. The third-order valence-corrected chi connectivity index (χ3v) is 5.31. The highest BCUT2D eigenvalue weighted by molar-refractivity contribution is 9.10. The molecule has 144 valence electrons. The number of benzene rings is 3. The number of aliphatic hydroxyl groups excluding tert-OH is 1. The molecule has 4 rings (SSSR count). The summed E-state index contributed by atoms with van der Waals surface area (Å²) in [6.45, 7) is 0. The van der Waals surface area contributed by atoms with Crippen molar-refractivity contribution in [3.63, 3.8) is 0 Å². The number of Topliss-reactive ketones (excluding diaryl/α,β-unsaturated/α-hetero) is 1. The first kappa shape index (κ1) is 19.1. The standard InChI is InChI=1S/C23H15BrFNO3/c24-16-10-6-15(7-11-16)21(27)19-20(14-8-12-17(25)13-9-14)26(23(29)22(19)28)18-4-2-1-3-5-18/h1-13,20,27H/b21-19-. The van der Waals surface area contributed by atoms with Crippen LogP contribution in [0.3, 0.4) is 0 Å². The molecule has 3 aromatic rings. The van der Waals surface area contributed by atoms with Crippen LogP contribution in [-0.4, -0.2) is 16.8 Å². The van der Waals surface area contributed by atoms with Crippen LogP contribution in [0.15, 0.2) is 88.9 Å². The van der Waals surface area contributed by atoms with E-state index in [0.29, 0.717) is 16.8 Å². The van der Waals surface area contributed by atoms with Crippen molar-refractivity contribution in [1.29, 1.82) is 0 Å². The molecule has 0 bridgehead atoms. The molecule has 1 heterocycles. The Balaban J connectivity index is 1.94. The van der Waals surface area contributed by atoms with Crippen LogP contribution in [0.2, 0.25) is 0 Å². The molecule has 1 unspecified atom stereocenters. The zero-order chi connectivity index (χ0) is 20.5. The van der Waals surface area contributed by atoms with Crippen molar-refractivity contribution in [2.75, 3.05) is 4.90 Å². The summed E-state index contributed by atoms with van der Waals surface area (Å²) < 4.78 is 14.3. The van der Waals surface area contributed by atoms with E-state index < -0.39 is 23.5 Å². The van der Waals surface area contributed by atoms with Crippen molar-refractivity contribution in [1.82, 2.24) is 0 Å². The lowest BCUT2D eigenvalue weighted by atomic mass is 9.95. The fourth-order valence-electron chi connectivity index (χ4n) is 3.41. The van der Waals surface area contributed by atoms with Crippen molar-refractivity contribution >= 4 is 39.1 Å². The van der Waals surface area contributed by atoms with Crippen molar-refractivity contribution < 1.29 is 19.1 Å². The van der Waals surface area contributed by atoms with Gasteiger partial charge in [0.2, 0.25) is 0 Å². The maximum absolute atomic E-state index is 13.5. The third kappa shape index (κ3) is 3.47. The first-order chi connectivity index (χ1) is 14.0. The molecule has 1 atom stereocenters. The number of carbonyl (C=O) groups excluding carboxylic acids is 2. The molecular formula is C23H15BrFNO3. The minimum atomic E-state index is -0.873. The Hall–Kier alpha value is -3.25. The summed E-state index contributed by atoms with van der Waals surface area (Å²) in [5.41, 5.74) is 1.41. The molecule has 1 amide bonds. The predicted octanol–water partition coefficient (Wildman–Crippen LogP) is 5.21. The van der Waals surface area contributed by atoms with Crippen LogP contribution in [0.25, 0.3) is 5.76 Å². The number of carbonyl (C=O) groups is 2. The Morgan fingerprint density at radius 2 is 1.52 bits per heavy atom. The minimum absolute atomic E-state index is 0.0345. The Labute approximate surface area is 175 Å². The number of nitrogens with zero attached hydrogens (tertiary/aromatic N) is 1. The average molecular weight is 452 g/mol. The summed E-state index contributed by atoms with van der Waals surface area (Å²) in [5, 5.41) is 10.9. The summed E-state index contributed by atoms with van der Waals surface area (Å²) in [5.74, 6) is -2.24.